The maximum atomic E-state index is 11.4. The molecule has 0 aliphatic carbocycles. The number of benzene rings is 2. The first kappa shape index (κ1) is 20.6. The maximum Gasteiger partial charge on any atom is 0.339 e. The third-order valence-electron chi connectivity index (χ3n) is 4.78. The van der Waals surface area contributed by atoms with Crippen LogP contribution in [0.4, 0.5) is 11.5 Å². The lowest BCUT2D eigenvalue weighted by atomic mass is 10.0. The van der Waals surface area contributed by atoms with E-state index < -0.39 is 5.97 Å². The van der Waals surface area contributed by atoms with E-state index in [2.05, 4.69) is 15.3 Å². The number of nitrogens with zero attached hydrogens (tertiary/aromatic N) is 2. The van der Waals surface area contributed by atoms with Crippen molar-refractivity contribution < 1.29 is 19.7 Å². The van der Waals surface area contributed by atoms with Crippen molar-refractivity contribution in [1.29, 1.82) is 0 Å². The van der Waals surface area contributed by atoms with Crippen LogP contribution in [0, 0.1) is 13.8 Å². The summed E-state index contributed by atoms with van der Waals surface area (Å²) in [6.07, 6.45) is 0. The van der Waals surface area contributed by atoms with Gasteiger partial charge in [-0.15, -0.1) is 11.3 Å². The summed E-state index contributed by atoms with van der Waals surface area (Å²) in [5.41, 5.74) is 2.36. The molecule has 0 radical (unpaired) electrons. The molecule has 0 atom stereocenters. The van der Waals surface area contributed by atoms with Crippen LogP contribution in [0.2, 0.25) is 0 Å². The molecule has 0 saturated carbocycles. The van der Waals surface area contributed by atoms with Crippen LogP contribution >= 0.6 is 11.3 Å². The lowest BCUT2D eigenvalue weighted by molar-refractivity contribution is 0.0694. The topological polar surface area (TPSA) is 105 Å². The first-order chi connectivity index (χ1) is 14.9. The van der Waals surface area contributed by atoms with Gasteiger partial charge in [-0.05, 0) is 56.7 Å². The van der Waals surface area contributed by atoms with E-state index in [4.69, 9.17) is 4.74 Å². The number of rotatable bonds is 6. The Bertz CT molecular complexity index is 1280. The molecule has 7 nitrogen and oxygen atoms in total. The summed E-state index contributed by atoms with van der Waals surface area (Å²) in [5, 5.41) is 23.2. The van der Waals surface area contributed by atoms with Gasteiger partial charge in [0.15, 0.2) is 0 Å². The number of hydrogen-bond donors (Lipinski definition) is 3. The van der Waals surface area contributed by atoms with Gasteiger partial charge in [-0.3, -0.25) is 0 Å². The van der Waals surface area contributed by atoms with Gasteiger partial charge in [0.2, 0.25) is 0 Å². The number of thiophene rings is 1. The fourth-order valence-electron chi connectivity index (χ4n) is 3.46. The Kier molecular flexibility index (Phi) is 5.48. The maximum absolute atomic E-state index is 11.4. The second-order valence-electron chi connectivity index (χ2n) is 6.95. The highest BCUT2D eigenvalue weighted by Gasteiger charge is 2.19. The first-order valence-corrected chi connectivity index (χ1v) is 10.5. The van der Waals surface area contributed by atoms with Crippen molar-refractivity contribution in [2.75, 3.05) is 11.9 Å². The fraction of sp³-hybridized carbons (Fsp3) is 0.174. The Labute approximate surface area is 183 Å². The molecule has 0 bridgehead atoms. The quantitative estimate of drug-likeness (QED) is 0.342. The number of aromatic nitrogens is 2. The number of anilines is 2. The lowest BCUT2D eigenvalue weighted by Crippen LogP contribution is -2.01. The molecule has 0 saturated heterocycles. The minimum atomic E-state index is -1.20. The number of ether oxygens (including phenoxy) is 1. The van der Waals surface area contributed by atoms with Gasteiger partial charge in [0.05, 0.1) is 12.0 Å². The lowest BCUT2D eigenvalue weighted by Gasteiger charge is -2.11. The van der Waals surface area contributed by atoms with Crippen LogP contribution in [-0.2, 0) is 0 Å². The molecule has 158 valence electrons. The molecule has 3 N–H and O–H groups in total. The van der Waals surface area contributed by atoms with Crippen LogP contribution < -0.4 is 10.1 Å². The van der Waals surface area contributed by atoms with Gasteiger partial charge >= 0.3 is 5.97 Å². The van der Waals surface area contributed by atoms with Gasteiger partial charge in [-0.2, -0.15) is 0 Å². The zero-order valence-corrected chi connectivity index (χ0v) is 18.1. The molecule has 0 aliphatic rings. The number of carbonyl (C=O) groups is 1. The molecule has 2 aromatic heterocycles. The molecule has 0 fully saturated rings. The Balaban J connectivity index is 1.84. The van der Waals surface area contributed by atoms with Crippen molar-refractivity contribution in [2.24, 2.45) is 0 Å². The normalized spacial score (nSPS) is 10.9. The van der Waals surface area contributed by atoms with Crippen LogP contribution in [0.3, 0.4) is 0 Å². The summed E-state index contributed by atoms with van der Waals surface area (Å²) in [6, 6.07) is 12.2. The molecule has 4 aromatic rings. The molecular formula is C23H21N3O4S. The number of hydrogen-bond acceptors (Lipinski definition) is 7. The number of carboxylic acid groups (broad SMARTS) is 1. The van der Waals surface area contributed by atoms with E-state index in [1.54, 1.807) is 17.4 Å². The standard InChI is InChI=1S/C23H21N3O4S/c1-4-30-16-8-5-14(6-9-16)19-12(2)31-22-20(19)21(24-13(3)25-22)26-15-7-10-18(27)17(11-15)23(28)29/h5-11,27H,4H2,1-3H3,(H,28,29)(H,24,25,26). The van der Waals surface area contributed by atoms with E-state index in [0.29, 0.717) is 23.9 Å². The molecule has 31 heavy (non-hydrogen) atoms. The van der Waals surface area contributed by atoms with Gasteiger partial charge in [0.25, 0.3) is 0 Å². The number of aromatic carboxylic acids is 1. The second-order valence-corrected chi connectivity index (χ2v) is 8.16. The van der Waals surface area contributed by atoms with Gasteiger partial charge in [-0.25, -0.2) is 14.8 Å². The Morgan fingerprint density at radius 2 is 1.87 bits per heavy atom. The Morgan fingerprint density at radius 1 is 1.13 bits per heavy atom. The molecule has 0 unspecified atom stereocenters. The largest absolute Gasteiger partial charge is 0.507 e. The fourth-order valence-corrected chi connectivity index (χ4v) is 4.55. The summed E-state index contributed by atoms with van der Waals surface area (Å²) in [6.45, 7) is 6.41. The SMILES string of the molecule is CCOc1ccc(-c2c(C)sc3nc(C)nc(Nc4ccc(O)c(C(=O)O)c4)c23)cc1. The van der Waals surface area contributed by atoms with Crippen LogP contribution in [0.5, 0.6) is 11.5 Å². The number of aromatic hydroxyl groups is 1. The van der Waals surface area contributed by atoms with Crippen LogP contribution in [-0.4, -0.2) is 32.8 Å². The van der Waals surface area contributed by atoms with Crippen molar-refractivity contribution in [2.45, 2.75) is 20.8 Å². The zero-order valence-electron chi connectivity index (χ0n) is 17.3. The summed E-state index contributed by atoms with van der Waals surface area (Å²) < 4.78 is 5.55. The monoisotopic (exact) mass is 435 g/mol. The van der Waals surface area contributed by atoms with E-state index in [0.717, 1.165) is 32.0 Å². The van der Waals surface area contributed by atoms with Gasteiger partial charge < -0.3 is 20.3 Å². The van der Waals surface area contributed by atoms with Crippen LogP contribution in [0.15, 0.2) is 42.5 Å². The number of carboxylic acids is 1. The average molecular weight is 436 g/mol. The molecule has 8 heteroatoms. The van der Waals surface area contributed by atoms with Gasteiger partial charge in [0.1, 0.15) is 33.5 Å². The van der Waals surface area contributed by atoms with E-state index in [1.165, 1.54) is 12.1 Å². The van der Waals surface area contributed by atoms with Crippen molar-refractivity contribution in [1.82, 2.24) is 9.97 Å². The summed E-state index contributed by atoms with van der Waals surface area (Å²) in [7, 11) is 0. The summed E-state index contributed by atoms with van der Waals surface area (Å²) in [5.74, 6) is 0.499. The number of nitrogens with one attached hydrogen (secondary N) is 1. The second kappa shape index (κ2) is 8.23. The summed E-state index contributed by atoms with van der Waals surface area (Å²) in [4.78, 5) is 22.5. The predicted octanol–water partition coefficient (Wildman–Crippen LogP) is 5.52. The van der Waals surface area contributed by atoms with Crippen LogP contribution in [0.25, 0.3) is 21.3 Å². The molecular weight excluding hydrogens is 414 g/mol. The van der Waals surface area contributed by atoms with Crippen molar-refractivity contribution >= 4 is 39.0 Å². The smallest absolute Gasteiger partial charge is 0.339 e. The summed E-state index contributed by atoms with van der Waals surface area (Å²) >= 11 is 1.58. The highest BCUT2D eigenvalue weighted by molar-refractivity contribution is 7.19. The average Bonchev–Trinajstić information content (AvgIpc) is 3.05. The zero-order chi connectivity index (χ0) is 22.1. The molecule has 0 amide bonds. The molecule has 2 aromatic carbocycles. The first-order valence-electron chi connectivity index (χ1n) is 9.71. The molecule has 4 rings (SSSR count). The minimum absolute atomic E-state index is 0.180. The number of phenols is 1. The van der Waals surface area contributed by atoms with E-state index in [-0.39, 0.29) is 11.3 Å². The third-order valence-corrected chi connectivity index (χ3v) is 5.78. The molecule has 0 spiro atoms. The van der Waals surface area contributed by atoms with Crippen molar-refractivity contribution in [3.8, 4) is 22.6 Å². The van der Waals surface area contributed by atoms with Gasteiger partial charge in [0, 0.05) is 16.1 Å². The predicted molar refractivity (Wildman–Crippen MR) is 122 cm³/mol. The van der Waals surface area contributed by atoms with Crippen molar-refractivity contribution in [3.05, 3.63) is 58.7 Å². The molecule has 2 heterocycles. The van der Waals surface area contributed by atoms with Crippen molar-refractivity contribution in [3.63, 3.8) is 0 Å². The van der Waals surface area contributed by atoms with E-state index in [1.807, 2.05) is 45.0 Å². The number of aryl methyl sites for hydroxylation is 2. The highest BCUT2D eigenvalue weighted by Crippen LogP contribution is 2.42. The number of fused-ring (bicyclic) bond motifs is 1. The van der Waals surface area contributed by atoms with E-state index >= 15 is 0 Å². The Hall–Kier alpha value is -3.65. The minimum Gasteiger partial charge on any atom is -0.507 e. The van der Waals surface area contributed by atoms with E-state index in [9.17, 15) is 15.0 Å². The third kappa shape index (κ3) is 4.02. The van der Waals surface area contributed by atoms with Crippen LogP contribution in [0.1, 0.15) is 28.0 Å². The highest BCUT2D eigenvalue weighted by atomic mass is 32.1. The van der Waals surface area contributed by atoms with Gasteiger partial charge in [-0.1, -0.05) is 12.1 Å². The Morgan fingerprint density at radius 3 is 2.55 bits per heavy atom. The molecule has 0 aliphatic heterocycles.